The molecule has 370 valence electrons. The molecule has 0 atom stereocenters. The molecule has 0 bridgehead atoms. The minimum absolute atomic E-state index is 0.0192. The van der Waals surface area contributed by atoms with Crippen LogP contribution >= 0.6 is 11.3 Å². The van der Waals surface area contributed by atoms with Crippen LogP contribution in [0.15, 0.2) is 174 Å². The molecule has 0 unspecified atom stereocenters. The van der Waals surface area contributed by atoms with E-state index in [1.807, 2.05) is 11.3 Å². The van der Waals surface area contributed by atoms with Crippen LogP contribution in [0.1, 0.15) is 103 Å². The zero-order valence-electron chi connectivity index (χ0n) is 45.1. The van der Waals surface area contributed by atoms with Crippen LogP contribution in [0.4, 0.5) is 11.4 Å². The number of nitrogens with one attached hydrogen (secondary N) is 1. The lowest BCUT2D eigenvalue weighted by Crippen LogP contribution is -2.37. The minimum Gasteiger partial charge on any atom is -0.455 e. The summed E-state index contributed by atoms with van der Waals surface area (Å²) < 4.78 is 12.6. The lowest BCUT2D eigenvalue weighted by molar-refractivity contribution is 0.332. The minimum atomic E-state index is -0.181. The average Bonchev–Trinajstić information content (AvgIpc) is 4.34. The number of thiophene rings is 1. The van der Waals surface area contributed by atoms with Gasteiger partial charge in [0.15, 0.2) is 7.28 Å². The summed E-state index contributed by atoms with van der Waals surface area (Å²) in [6.45, 7) is 21.6. The van der Waals surface area contributed by atoms with E-state index in [1.54, 1.807) is 0 Å². The number of nitrogens with zero attached hydrogens (tertiary/aromatic N) is 1. The molecular formula is C71H61BN2OS. The van der Waals surface area contributed by atoms with Crippen LogP contribution in [0.2, 0.25) is 0 Å². The monoisotopic (exact) mass is 1000 g/mol. The number of rotatable bonds is 5. The summed E-state index contributed by atoms with van der Waals surface area (Å²) in [6, 6.07) is 64.2. The number of aromatic nitrogens is 1. The Morgan fingerprint density at radius 2 is 1.24 bits per heavy atom. The van der Waals surface area contributed by atoms with Gasteiger partial charge in [-0.1, -0.05) is 183 Å². The van der Waals surface area contributed by atoms with Crippen molar-refractivity contribution in [3.8, 4) is 50.4 Å². The van der Waals surface area contributed by atoms with Gasteiger partial charge in [-0.15, -0.1) is 11.3 Å². The Hall–Kier alpha value is -7.60. The summed E-state index contributed by atoms with van der Waals surface area (Å²) in [7, 11) is 0.745. The van der Waals surface area contributed by atoms with Crippen molar-refractivity contribution < 1.29 is 4.42 Å². The maximum Gasteiger partial charge on any atom is 0.198 e. The molecule has 0 fully saturated rings. The fourth-order valence-corrected chi connectivity index (χ4v) is 15.3. The summed E-state index contributed by atoms with van der Waals surface area (Å²) in [5.74, 6) is 0.905. The quantitative estimate of drug-likeness (QED) is 0.174. The Labute approximate surface area is 450 Å². The second kappa shape index (κ2) is 15.7. The molecule has 0 amide bonds. The summed E-state index contributed by atoms with van der Waals surface area (Å²) in [4.78, 5) is 0. The Balaban J connectivity index is 1.11. The highest BCUT2D eigenvalue weighted by atomic mass is 32.1. The van der Waals surface area contributed by atoms with Gasteiger partial charge >= 0.3 is 0 Å². The van der Waals surface area contributed by atoms with Gasteiger partial charge in [0.25, 0.3) is 0 Å². The normalized spacial score (nSPS) is 15.8. The summed E-state index contributed by atoms with van der Waals surface area (Å²) >= 11 is 1.96. The van der Waals surface area contributed by atoms with Crippen molar-refractivity contribution >= 4 is 93.9 Å². The fourth-order valence-electron chi connectivity index (χ4n) is 14.0. The summed E-state index contributed by atoms with van der Waals surface area (Å²) in [5.41, 5.74) is 25.1. The third-order valence-corrected chi connectivity index (χ3v) is 19.4. The van der Waals surface area contributed by atoms with Crippen LogP contribution in [0.25, 0.3) is 103 Å². The number of fused-ring (bicyclic) bond motifs is 14. The van der Waals surface area contributed by atoms with E-state index in [2.05, 4.69) is 242 Å². The number of furan rings is 1. The van der Waals surface area contributed by atoms with Gasteiger partial charge in [0, 0.05) is 81.0 Å². The smallest absolute Gasteiger partial charge is 0.198 e. The van der Waals surface area contributed by atoms with Crippen molar-refractivity contribution in [2.75, 3.05) is 5.32 Å². The number of anilines is 2. The third kappa shape index (κ3) is 6.48. The predicted molar refractivity (Wildman–Crippen MR) is 327 cm³/mol. The topological polar surface area (TPSA) is 30.1 Å². The first-order valence-corrected chi connectivity index (χ1v) is 28.2. The fraction of sp³-hybridized carbons (Fsp3) is 0.211. The lowest BCUT2D eigenvalue weighted by Gasteiger charge is -2.42. The molecule has 0 radical (unpaired) electrons. The summed E-state index contributed by atoms with van der Waals surface area (Å²) in [6.07, 6.45) is 2.30. The number of hydrogen-bond acceptors (Lipinski definition) is 3. The molecule has 3 nitrogen and oxygen atoms in total. The standard InChI is InChI=1S/C71H61BN2OS/c1-68(2,3)42-28-30-43(31-29-42)73-55-37-51-46(44-24-16-18-26-50(44)71(51,8)9)34-47(55)63-64-65-61(62-45-25-17-19-27-59(45)76-67(62)63)48-35-52-53(70(6,7)33-32-69(52,4)5)38-56(48)74(65)57-36-49-58(39-54(57)72-64)75-66(41-22-14-11-15-23-41)60(49)40-20-12-10-13-21-40/h10-31,34-39,72-73H,32-33H2,1-9H3. The molecule has 1 N–H and O–H groups in total. The molecule has 0 saturated carbocycles. The molecule has 12 aromatic rings. The van der Waals surface area contributed by atoms with E-state index in [0.29, 0.717) is 0 Å². The van der Waals surface area contributed by atoms with E-state index >= 15 is 0 Å². The molecule has 2 aliphatic carbocycles. The Morgan fingerprint density at radius 1 is 0.566 bits per heavy atom. The first-order chi connectivity index (χ1) is 36.5. The van der Waals surface area contributed by atoms with Crippen molar-refractivity contribution in [2.45, 2.75) is 96.8 Å². The van der Waals surface area contributed by atoms with E-state index in [1.165, 1.54) is 109 Å². The van der Waals surface area contributed by atoms with Gasteiger partial charge < -0.3 is 14.3 Å². The van der Waals surface area contributed by atoms with Gasteiger partial charge in [-0.05, 0) is 139 Å². The number of hydrogen-bond donors (Lipinski definition) is 1. The molecule has 0 saturated heterocycles. The van der Waals surface area contributed by atoms with E-state index in [0.717, 1.165) is 64.9 Å². The number of benzene rings is 9. The van der Waals surface area contributed by atoms with Gasteiger partial charge in [0.2, 0.25) is 0 Å². The molecule has 5 heteroatoms. The van der Waals surface area contributed by atoms with E-state index in [9.17, 15) is 0 Å². The van der Waals surface area contributed by atoms with Crippen molar-refractivity contribution in [1.29, 1.82) is 0 Å². The van der Waals surface area contributed by atoms with E-state index in [4.69, 9.17) is 4.42 Å². The van der Waals surface area contributed by atoms with Crippen LogP contribution in [0.5, 0.6) is 0 Å². The predicted octanol–water partition coefficient (Wildman–Crippen LogP) is 18.3. The lowest BCUT2D eigenvalue weighted by atomic mass is 9.58. The largest absolute Gasteiger partial charge is 0.455 e. The van der Waals surface area contributed by atoms with Crippen molar-refractivity contribution in [2.24, 2.45) is 0 Å². The molecule has 3 aliphatic rings. The van der Waals surface area contributed by atoms with E-state index in [-0.39, 0.29) is 21.7 Å². The highest BCUT2D eigenvalue weighted by molar-refractivity contribution is 7.26. The zero-order valence-corrected chi connectivity index (χ0v) is 45.9. The zero-order chi connectivity index (χ0) is 51.8. The van der Waals surface area contributed by atoms with Crippen LogP contribution < -0.4 is 16.2 Å². The second-order valence-electron chi connectivity index (χ2n) is 25.2. The molecule has 76 heavy (non-hydrogen) atoms. The van der Waals surface area contributed by atoms with E-state index < -0.39 is 0 Å². The van der Waals surface area contributed by atoms with Crippen LogP contribution in [0.3, 0.4) is 0 Å². The average molecular weight is 1000 g/mol. The molecule has 9 aromatic carbocycles. The van der Waals surface area contributed by atoms with Crippen molar-refractivity contribution in [3.05, 3.63) is 198 Å². The highest BCUT2D eigenvalue weighted by Gasteiger charge is 2.41. The van der Waals surface area contributed by atoms with Gasteiger partial charge in [-0.2, -0.15) is 0 Å². The van der Waals surface area contributed by atoms with Gasteiger partial charge in [0.1, 0.15) is 11.3 Å². The molecule has 1 aliphatic heterocycles. The molecule has 3 aromatic heterocycles. The maximum atomic E-state index is 7.19. The maximum absolute atomic E-state index is 7.19. The second-order valence-corrected chi connectivity index (χ2v) is 26.2. The first-order valence-electron chi connectivity index (χ1n) is 27.4. The molecule has 15 rings (SSSR count). The Bertz CT molecular complexity index is 4440. The SMILES string of the molecule is CC(C)(C)c1ccc(Nc2cc3c(cc2-c2c4c5c(c6cc7c(cc6n5-c5cc6c(-c8ccccc8)c(-c8ccccc8)oc6cc5B4)C(C)(C)CCC7(C)C)c4c2sc2ccccc24)-c2ccccc2C3(C)C)cc1. The van der Waals surface area contributed by atoms with Gasteiger partial charge in [-0.25, -0.2) is 0 Å². The third-order valence-electron chi connectivity index (χ3n) is 18.2. The van der Waals surface area contributed by atoms with Crippen LogP contribution in [-0.2, 0) is 21.7 Å². The first kappa shape index (κ1) is 45.8. The van der Waals surface area contributed by atoms with Crippen molar-refractivity contribution in [1.82, 2.24) is 4.57 Å². The summed E-state index contributed by atoms with van der Waals surface area (Å²) in [5, 5.41) is 10.6. The van der Waals surface area contributed by atoms with Crippen LogP contribution in [-0.4, -0.2) is 11.8 Å². The molecule has 0 spiro atoms. The Morgan fingerprint density at radius 3 is 1.97 bits per heavy atom. The molecular weight excluding hydrogens is 940 g/mol. The highest BCUT2D eigenvalue weighted by Crippen LogP contribution is 2.56. The molecule has 4 heterocycles. The van der Waals surface area contributed by atoms with Crippen molar-refractivity contribution in [3.63, 3.8) is 0 Å². The van der Waals surface area contributed by atoms with Gasteiger partial charge in [-0.3, -0.25) is 0 Å². The van der Waals surface area contributed by atoms with Crippen LogP contribution in [0, 0.1) is 0 Å². The van der Waals surface area contributed by atoms with Gasteiger partial charge in [0.05, 0.1) is 5.52 Å². The Kier molecular flexibility index (Phi) is 9.48.